The third-order valence-electron chi connectivity index (χ3n) is 3.33. The molecule has 0 atom stereocenters. The first-order valence-corrected chi connectivity index (χ1v) is 6.61. The molecule has 0 saturated heterocycles. The van der Waals surface area contributed by atoms with E-state index in [2.05, 4.69) is 0 Å². The summed E-state index contributed by atoms with van der Waals surface area (Å²) in [5.74, 6) is 2.35. The van der Waals surface area contributed by atoms with Gasteiger partial charge in [0.25, 0.3) is 0 Å². The molecule has 5 nitrogen and oxygen atoms in total. The molecule has 0 unspecified atom stereocenters. The zero-order valence-corrected chi connectivity index (χ0v) is 13.0. The Morgan fingerprint density at radius 1 is 0.727 bits per heavy atom. The van der Waals surface area contributed by atoms with E-state index in [4.69, 9.17) is 18.9 Å². The van der Waals surface area contributed by atoms with Gasteiger partial charge in [-0.1, -0.05) is 0 Å². The summed E-state index contributed by atoms with van der Waals surface area (Å²) in [7, 11) is 6.23. The third-order valence-corrected chi connectivity index (χ3v) is 3.33. The molecule has 22 heavy (non-hydrogen) atoms. The summed E-state index contributed by atoms with van der Waals surface area (Å²) in [6.07, 6.45) is 0.770. The quantitative estimate of drug-likeness (QED) is 0.767. The molecule has 0 amide bonds. The summed E-state index contributed by atoms with van der Waals surface area (Å²) in [5.41, 5.74) is 1.89. The van der Waals surface area contributed by atoms with Crippen LogP contribution in [0.5, 0.6) is 23.0 Å². The molecule has 2 aromatic rings. The summed E-state index contributed by atoms with van der Waals surface area (Å²) >= 11 is 0. The molecule has 0 aromatic heterocycles. The standard InChI is InChI=1S/C17H18O5/c1-19-13-5-11(6-14(8-13)20-2)17-12(10-18)7-15(21-3)9-16(17)22-4/h5-10H,1-4H3. The highest BCUT2D eigenvalue weighted by molar-refractivity contribution is 5.92. The number of benzene rings is 2. The first kappa shape index (κ1) is 15.7. The van der Waals surface area contributed by atoms with Gasteiger partial charge >= 0.3 is 0 Å². The molecule has 0 bridgehead atoms. The lowest BCUT2D eigenvalue weighted by molar-refractivity contribution is 0.112. The van der Waals surface area contributed by atoms with Gasteiger partial charge in [0, 0.05) is 23.3 Å². The number of carbonyl (C=O) groups is 1. The Morgan fingerprint density at radius 2 is 1.27 bits per heavy atom. The monoisotopic (exact) mass is 302 g/mol. The predicted molar refractivity (Wildman–Crippen MR) is 83.5 cm³/mol. The fourth-order valence-electron chi connectivity index (χ4n) is 2.24. The van der Waals surface area contributed by atoms with Gasteiger partial charge in [-0.2, -0.15) is 0 Å². The van der Waals surface area contributed by atoms with Crippen LogP contribution in [0.2, 0.25) is 0 Å². The summed E-state index contributed by atoms with van der Waals surface area (Å²) < 4.78 is 21.2. The van der Waals surface area contributed by atoms with Gasteiger partial charge in [0.1, 0.15) is 23.0 Å². The molecular weight excluding hydrogens is 284 g/mol. The highest BCUT2D eigenvalue weighted by Gasteiger charge is 2.16. The molecular formula is C17H18O5. The molecule has 2 rings (SSSR count). The van der Waals surface area contributed by atoms with Crippen molar-refractivity contribution in [3.05, 3.63) is 35.9 Å². The van der Waals surface area contributed by atoms with Crippen molar-refractivity contribution < 1.29 is 23.7 Å². The normalized spacial score (nSPS) is 10.0. The number of methoxy groups -OCH3 is 4. The Bertz CT molecular complexity index is 657. The van der Waals surface area contributed by atoms with Gasteiger partial charge in [0.2, 0.25) is 0 Å². The topological polar surface area (TPSA) is 54.0 Å². The highest BCUT2D eigenvalue weighted by Crippen LogP contribution is 2.39. The van der Waals surface area contributed by atoms with E-state index in [1.165, 1.54) is 7.11 Å². The van der Waals surface area contributed by atoms with Crippen molar-refractivity contribution >= 4 is 6.29 Å². The lowest BCUT2D eigenvalue weighted by atomic mass is 9.98. The average Bonchev–Trinajstić information content (AvgIpc) is 2.59. The van der Waals surface area contributed by atoms with Crippen LogP contribution in [0.3, 0.4) is 0 Å². The van der Waals surface area contributed by atoms with Crippen molar-refractivity contribution in [3.63, 3.8) is 0 Å². The molecule has 0 saturated carbocycles. The maximum atomic E-state index is 11.5. The lowest BCUT2D eigenvalue weighted by Gasteiger charge is -2.15. The molecule has 0 aliphatic heterocycles. The fourth-order valence-corrected chi connectivity index (χ4v) is 2.24. The zero-order chi connectivity index (χ0) is 16.1. The SMILES string of the molecule is COc1cc(OC)cc(-c2c(C=O)cc(OC)cc2OC)c1. The van der Waals surface area contributed by atoms with Crippen molar-refractivity contribution in [3.8, 4) is 34.1 Å². The number of hydrogen-bond acceptors (Lipinski definition) is 5. The molecule has 2 aromatic carbocycles. The van der Waals surface area contributed by atoms with E-state index in [1.54, 1.807) is 39.5 Å². The van der Waals surface area contributed by atoms with Gasteiger partial charge in [-0.05, 0) is 23.8 Å². The number of rotatable bonds is 6. The summed E-state index contributed by atoms with van der Waals surface area (Å²) in [6.45, 7) is 0. The van der Waals surface area contributed by atoms with Crippen LogP contribution in [0.4, 0.5) is 0 Å². The van der Waals surface area contributed by atoms with E-state index in [1.807, 2.05) is 12.1 Å². The van der Waals surface area contributed by atoms with Gasteiger partial charge in [0.05, 0.1) is 28.4 Å². The Labute approximate surface area is 129 Å². The largest absolute Gasteiger partial charge is 0.497 e. The fraction of sp³-hybridized carbons (Fsp3) is 0.235. The molecule has 0 aliphatic rings. The second-order valence-electron chi connectivity index (χ2n) is 4.51. The first-order chi connectivity index (χ1) is 10.7. The van der Waals surface area contributed by atoms with Crippen LogP contribution in [-0.4, -0.2) is 34.7 Å². The molecule has 0 spiro atoms. The minimum Gasteiger partial charge on any atom is -0.497 e. The molecule has 5 heteroatoms. The first-order valence-electron chi connectivity index (χ1n) is 6.61. The molecule has 0 N–H and O–H groups in total. The summed E-state index contributed by atoms with van der Waals surface area (Å²) in [5, 5.41) is 0. The zero-order valence-electron chi connectivity index (χ0n) is 13.0. The third kappa shape index (κ3) is 2.98. The molecule has 0 aliphatic carbocycles. The van der Waals surface area contributed by atoms with Crippen molar-refractivity contribution in [1.82, 2.24) is 0 Å². The van der Waals surface area contributed by atoms with Gasteiger partial charge in [-0.25, -0.2) is 0 Å². The van der Waals surface area contributed by atoms with Crippen LogP contribution in [0.15, 0.2) is 30.3 Å². The Hall–Kier alpha value is -2.69. The Kier molecular flexibility index (Phi) is 4.88. The molecule has 0 radical (unpaired) electrons. The smallest absolute Gasteiger partial charge is 0.150 e. The highest BCUT2D eigenvalue weighted by atomic mass is 16.5. The van der Waals surface area contributed by atoms with Crippen LogP contribution in [0.1, 0.15) is 10.4 Å². The van der Waals surface area contributed by atoms with E-state index in [-0.39, 0.29) is 0 Å². The average molecular weight is 302 g/mol. The van der Waals surface area contributed by atoms with Crippen LogP contribution >= 0.6 is 0 Å². The van der Waals surface area contributed by atoms with Gasteiger partial charge in [-0.3, -0.25) is 4.79 Å². The van der Waals surface area contributed by atoms with Crippen LogP contribution < -0.4 is 18.9 Å². The van der Waals surface area contributed by atoms with E-state index < -0.39 is 0 Å². The summed E-state index contributed by atoms with van der Waals surface area (Å²) in [6, 6.07) is 8.80. The van der Waals surface area contributed by atoms with Crippen molar-refractivity contribution in [1.29, 1.82) is 0 Å². The van der Waals surface area contributed by atoms with Crippen molar-refractivity contribution in [2.45, 2.75) is 0 Å². The van der Waals surface area contributed by atoms with Gasteiger partial charge in [0.15, 0.2) is 6.29 Å². The maximum absolute atomic E-state index is 11.5. The Balaban J connectivity index is 2.72. The van der Waals surface area contributed by atoms with Crippen molar-refractivity contribution in [2.24, 2.45) is 0 Å². The minimum atomic E-state index is 0.464. The van der Waals surface area contributed by atoms with Crippen LogP contribution in [-0.2, 0) is 0 Å². The van der Waals surface area contributed by atoms with E-state index in [0.29, 0.717) is 34.1 Å². The predicted octanol–water partition coefficient (Wildman–Crippen LogP) is 3.20. The molecule has 116 valence electrons. The molecule has 0 fully saturated rings. The van der Waals surface area contributed by atoms with E-state index in [9.17, 15) is 4.79 Å². The lowest BCUT2D eigenvalue weighted by Crippen LogP contribution is -1.97. The summed E-state index contributed by atoms with van der Waals surface area (Å²) in [4.78, 5) is 11.5. The van der Waals surface area contributed by atoms with Gasteiger partial charge < -0.3 is 18.9 Å². The second kappa shape index (κ2) is 6.85. The minimum absolute atomic E-state index is 0.464. The van der Waals surface area contributed by atoms with E-state index >= 15 is 0 Å². The Morgan fingerprint density at radius 3 is 1.73 bits per heavy atom. The van der Waals surface area contributed by atoms with Crippen LogP contribution in [0, 0.1) is 0 Å². The number of ether oxygens (including phenoxy) is 4. The molecule has 0 heterocycles. The van der Waals surface area contributed by atoms with Crippen molar-refractivity contribution in [2.75, 3.05) is 28.4 Å². The van der Waals surface area contributed by atoms with Gasteiger partial charge in [-0.15, -0.1) is 0 Å². The number of carbonyl (C=O) groups excluding carboxylic acids is 1. The van der Waals surface area contributed by atoms with Crippen LogP contribution in [0.25, 0.3) is 11.1 Å². The van der Waals surface area contributed by atoms with E-state index in [0.717, 1.165) is 11.8 Å². The number of hydrogen-bond donors (Lipinski definition) is 0. The second-order valence-corrected chi connectivity index (χ2v) is 4.51. The number of aldehydes is 1. The maximum Gasteiger partial charge on any atom is 0.150 e.